The molecule has 136 valence electrons. The Morgan fingerprint density at radius 2 is 2.12 bits per heavy atom. The van der Waals surface area contributed by atoms with Gasteiger partial charge in [-0.1, -0.05) is 0 Å². The maximum Gasteiger partial charge on any atom is 0.343 e. The third-order valence-electron chi connectivity index (χ3n) is 3.19. The summed E-state index contributed by atoms with van der Waals surface area (Å²) in [5.41, 5.74) is 7.93. The second kappa shape index (κ2) is 8.37. The van der Waals surface area contributed by atoms with E-state index in [-0.39, 0.29) is 19.0 Å². The van der Waals surface area contributed by atoms with Crippen molar-refractivity contribution in [2.75, 3.05) is 6.61 Å². The van der Waals surface area contributed by atoms with Crippen LogP contribution in [0.4, 0.5) is 5.82 Å². The fourth-order valence-corrected chi connectivity index (χ4v) is 1.96. The van der Waals surface area contributed by atoms with E-state index in [2.05, 4.69) is 15.5 Å². The Morgan fingerprint density at radius 1 is 1.42 bits per heavy atom. The highest BCUT2D eigenvalue weighted by Crippen LogP contribution is 2.13. The molecule has 0 aliphatic heterocycles. The molecule has 1 heterocycles. The number of primary amides is 1. The number of nitrogens with one attached hydrogen (secondary N) is 1. The van der Waals surface area contributed by atoms with Gasteiger partial charge < -0.3 is 20.6 Å². The standard InChI is InChI=1S/C15H16N6O5/c1-10-17-7-15(21(24)25)20(10)8-14(23)19-18-6-11-2-4-12(5-3-11)26-9-13(16)22/h2-7H,8-9H2,1H3,(H2,16,22)(H,19,23)/b18-6+. The molecule has 0 bridgehead atoms. The summed E-state index contributed by atoms with van der Waals surface area (Å²) >= 11 is 0. The zero-order valence-electron chi connectivity index (χ0n) is 13.8. The highest BCUT2D eigenvalue weighted by Gasteiger charge is 2.19. The van der Waals surface area contributed by atoms with E-state index >= 15 is 0 Å². The van der Waals surface area contributed by atoms with Gasteiger partial charge in [0.2, 0.25) is 0 Å². The molecule has 1 aromatic carbocycles. The summed E-state index contributed by atoms with van der Waals surface area (Å²) in [6.07, 6.45) is 2.48. The first-order valence-electron chi connectivity index (χ1n) is 7.36. The lowest BCUT2D eigenvalue weighted by Gasteiger charge is -2.03. The Morgan fingerprint density at radius 3 is 2.73 bits per heavy atom. The fraction of sp³-hybridized carbons (Fsp3) is 0.200. The number of nitrogens with zero attached hydrogens (tertiary/aromatic N) is 4. The predicted molar refractivity (Wildman–Crippen MR) is 90.5 cm³/mol. The van der Waals surface area contributed by atoms with Crippen molar-refractivity contribution < 1.29 is 19.2 Å². The Bertz CT molecular complexity index is 843. The lowest BCUT2D eigenvalue weighted by Crippen LogP contribution is -2.24. The number of amides is 2. The Balaban J connectivity index is 1.90. The molecular formula is C15H16N6O5. The Labute approximate surface area is 147 Å². The highest BCUT2D eigenvalue weighted by molar-refractivity contribution is 5.82. The molecule has 0 saturated carbocycles. The highest BCUT2D eigenvalue weighted by atomic mass is 16.6. The number of carbonyl (C=O) groups excluding carboxylic acids is 2. The predicted octanol–water partition coefficient (Wildman–Crippen LogP) is 0.114. The molecule has 0 spiro atoms. The topological polar surface area (TPSA) is 155 Å². The monoisotopic (exact) mass is 360 g/mol. The van der Waals surface area contributed by atoms with Crippen LogP contribution in [0.3, 0.4) is 0 Å². The third-order valence-corrected chi connectivity index (χ3v) is 3.19. The average Bonchev–Trinajstić information content (AvgIpc) is 2.95. The number of rotatable bonds is 8. The first-order valence-corrected chi connectivity index (χ1v) is 7.36. The quantitative estimate of drug-likeness (QED) is 0.387. The lowest BCUT2D eigenvalue weighted by molar-refractivity contribution is -0.392. The minimum absolute atomic E-state index is 0.219. The summed E-state index contributed by atoms with van der Waals surface area (Å²) in [5, 5.41) is 14.7. The van der Waals surface area contributed by atoms with Crippen molar-refractivity contribution in [1.82, 2.24) is 15.0 Å². The number of hydrogen-bond acceptors (Lipinski definition) is 7. The largest absolute Gasteiger partial charge is 0.484 e. The van der Waals surface area contributed by atoms with Crippen LogP contribution in [0, 0.1) is 17.0 Å². The first-order chi connectivity index (χ1) is 12.4. The van der Waals surface area contributed by atoms with Crippen LogP contribution in [0.25, 0.3) is 0 Å². The van der Waals surface area contributed by atoms with Crippen LogP contribution in [-0.2, 0) is 16.1 Å². The lowest BCUT2D eigenvalue weighted by atomic mass is 10.2. The molecule has 2 aromatic rings. The number of aromatic nitrogens is 2. The van der Waals surface area contributed by atoms with Gasteiger partial charge in [0.1, 0.15) is 11.9 Å². The second-order valence-electron chi connectivity index (χ2n) is 5.12. The molecule has 0 saturated heterocycles. The molecule has 0 radical (unpaired) electrons. The zero-order chi connectivity index (χ0) is 19.1. The fourth-order valence-electron chi connectivity index (χ4n) is 1.96. The van der Waals surface area contributed by atoms with Crippen molar-refractivity contribution in [2.45, 2.75) is 13.5 Å². The van der Waals surface area contributed by atoms with Crippen LogP contribution in [0.5, 0.6) is 5.75 Å². The summed E-state index contributed by atoms with van der Waals surface area (Å²) in [6.45, 7) is 1.06. The number of hydrogen-bond donors (Lipinski definition) is 2. The number of nitro groups is 1. The molecule has 2 amide bonds. The van der Waals surface area contributed by atoms with E-state index in [1.807, 2.05) is 0 Å². The van der Waals surface area contributed by atoms with Gasteiger partial charge in [0.25, 0.3) is 11.8 Å². The van der Waals surface area contributed by atoms with Crippen molar-refractivity contribution in [3.63, 3.8) is 0 Å². The van der Waals surface area contributed by atoms with E-state index in [1.54, 1.807) is 31.2 Å². The van der Waals surface area contributed by atoms with Crippen molar-refractivity contribution in [3.05, 3.63) is 52.0 Å². The normalized spacial score (nSPS) is 10.7. The van der Waals surface area contributed by atoms with Gasteiger partial charge >= 0.3 is 5.82 Å². The number of aryl methyl sites for hydroxylation is 1. The van der Waals surface area contributed by atoms with Crippen molar-refractivity contribution >= 4 is 23.8 Å². The van der Waals surface area contributed by atoms with Crippen LogP contribution in [0.15, 0.2) is 35.6 Å². The number of hydrazone groups is 1. The van der Waals surface area contributed by atoms with Crippen molar-refractivity contribution in [1.29, 1.82) is 0 Å². The SMILES string of the molecule is Cc1ncc([N+](=O)[O-])n1CC(=O)N/N=C/c1ccc(OCC(N)=O)cc1. The molecule has 0 unspecified atom stereocenters. The molecule has 0 aliphatic rings. The first kappa shape index (κ1) is 18.6. The van der Waals surface area contributed by atoms with Gasteiger partial charge in [0.05, 0.1) is 6.21 Å². The summed E-state index contributed by atoms with van der Waals surface area (Å²) in [7, 11) is 0. The minimum atomic E-state index is -0.613. The molecule has 0 fully saturated rings. The Hall–Kier alpha value is -3.76. The molecule has 1 aromatic heterocycles. The van der Waals surface area contributed by atoms with E-state index in [1.165, 1.54) is 10.8 Å². The molecule has 11 nitrogen and oxygen atoms in total. The van der Waals surface area contributed by atoms with Gasteiger partial charge in [-0.15, -0.1) is 0 Å². The van der Waals surface area contributed by atoms with Crippen LogP contribution in [0.1, 0.15) is 11.4 Å². The van der Waals surface area contributed by atoms with Crippen molar-refractivity contribution in [2.24, 2.45) is 10.8 Å². The van der Waals surface area contributed by atoms with Gasteiger partial charge in [-0.25, -0.2) is 15.0 Å². The zero-order valence-corrected chi connectivity index (χ0v) is 13.8. The maximum absolute atomic E-state index is 11.9. The van der Waals surface area contributed by atoms with Crippen LogP contribution in [-0.4, -0.2) is 39.1 Å². The summed E-state index contributed by atoms with van der Waals surface area (Å²) in [5.74, 6) is -0.568. The summed E-state index contributed by atoms with van der Waals surface area (Å²) < 4.78 is 6.29. The molecule has 3 N–H and O–H groups in total. The minimum Gasteiger partial charge on any atom is -0.484 e. The van der Waals surface area contributed by atoms with Crippen LogP contribution < -0.4 is 15.9 Å². The number of nitrogens with two attached hydrogens (primary N) is 1. The second-order valence-corrected chi connectivity index (χ2v) is 5.12. The molecule has 0 atom stereocenters. The van der Waals surface area contributed by atoms with Crippen LogP contribution >= 0.6 is 0 Å². The number of ether oxygens (including phenoxy) is 1. The Kier molecular flexibility index (Phi) is 5.98. The van der Waals surface area contributed by atoms with Crippen LogP contribution in [0.2, 0.25) is 0 Å². The van der Waals surface area contributed by atoms with Gasteiger partial charge in [0, 0.05) is 6.92 Å². The van der Waals surface area contributed by atoms with E-state index in [4.69, 9.17) is 10.5 Å². The molecule has 2 rings (SSSR count). The summed E-state index contributed by atoms with van der Waals surface area (Å²) in [6, 6.07) is 6.56. The maximum atomic E-state index is 11.9. The number of benzene rings is 1. The van der Waals surface area contributed by atoms with E-state index < -0.39 is 16.7 Å². The molecule has 0 aliphatic carbocycles. The number of imidazole rings is 1. The summed E-state index contributed by atoms with van der Waals surface area (Å²) in [4.78, 5) is 36.6. The molecule has 26 heavy (non-hydrogen) atoms. The van der Waals surface area contributed by atoms with Gasteiger partial charge in [-0.05, 0) is 34.8 Å². The molecular weight excluding hydrogens is 344 g/mol. The van der Waals surface area contributed by atoms with E-state index in [9.17, 15) is 19.7 Å². The third kappa shape index (κ3) is 5.12. The van der Waals surface area contributed by atoms with Crippen molar-refractivity contribution in [3.8, 4) is 5.75 Å². The van der Waals surface area contributed by atoms with E-state index in [0.717, 1.165) is 6.20 Å². The average molecular weight is 360 g/mol. The van der Waals surface area contributed by atoms with Gasteiger partial charge in [-0.3, -0.25) is 9.59 Å². The van der Waals surface area contributed by atoms with E-state index in [0.29, 0.717) is 17.1 Å². The smallest absolute Gasteiger partial charge is 0.343 e. The number of carbonyl (C=O) groups is 2. The molecule has 11 heteroatoms. The van der Waals surface area contributed by atoms with Gasteiger partial charge in [0.15, 0.2) is 19.0 Å². The van der Waals surface area contributed by atoms with Gasteiger partial charge in [-0.2, -0.15) is 5.10 Å².